The lowest BCUT2D eigenvalue weighted by atomic mass is 9.94. The van der Waals surface area contributed by atoms with E-state index in [1.807, 2.05) is 6.92 Å². The van der Waals surface area contributed by atoms with E-state index in [0.29, 0.717) is 0 Å². The van der Waals surface area contributed by atoms with Crippen molar-refractivity contribution in [2.24, 2.45) is 5.92 Å². The zero-order chi connectivity index (χ0) is 14.9. The van der Waals surface area contributed by atoms with Crippen molar-refractivity contribution in [3.8, 4) is 0 Å². The van der Waals surface area contributed by atoms with E-state index in [0.717, 1.165) is 25.7 Å². The molecule has 0 fully saturated rings. The van der Waals surface area contributed by atoms with Crippen LogP contribution in [-0.4, -0.2) is 36.2 Å². The molecule has 112 valence electrons. The van der Waals surface area contributed by atoms with Gasteiger partial charge in [0.25, 0.3) is 0 Å². The summed E-state index contributed by atoms with van der Waals surface area (Å²) < 4.78 is 5.03. The molecule has 0 aliphatic heterocycles. The van der Waals surface area contributed by atoms with Gasteiger partial charge in [0, 0.05) is 13.0 Å². The predicted molar refractivity (Wildman–Crippen MR) is 74.0 cm³/mol. The van der Waals surface area contributed by atoms with Gasteiger partial charge in [-0.1, -0.05) is 26.7 Å². The van der Waals surface area contributed by atoms with Crippen molar-refractivity contribution < 1.29 is 19.4 Å². The minimum atomic E-state index is -0.943. The van der Waals surface area contributed by atoms with Crippen LogP contribution < -0.4 is 5.32 Å². The number of ether oxygens (including phenoxy) is 1. The first-order valence-corrected chi connectivity index (χ1v) is 6.91. The van der Waals surface area contributed by atoms with Crippen LogP contribution in [0.2, 0.25) is 0 Å². The summed E-state index contributed by atoms with van der Waals surface area (Å²) in [4.78, 5) is 23.1. The van der Waals surface area contributed by atoms with Crippen molar-refractivity contribution in [2.45, 2.75) is 58.4 Å². The molecule has 0 spiro atoms. The van der Waals surface area contributed by atoms with Gasteiger partial charge in [0.2, 0.25) is 5.91 Å². The maximum Gasteiger partial charge on any atom is 0.305 e. The van der Waals surface area contributed by atoms with E-state index in [1.165, 1.54) is 7.11 Å². The standard InChI is InChI=1S/C14H27NO4/c1-5-7-8-11(6-2)13(18)15-14(3,10-19-4)9-12(16)17/h11H,5-10H2,1-4H3,(H,15,18)(H,16,17). The van der Waals surface area contributed by atoms with Gasteiger partial charge < -0.3 is 15.2 Å². The molecule has 5 heteroatoms. The Labute approximate surface area is 115 Å². The van der Waals surface area contributed by atoms with E-state index in [4.69, 9.17) is 9.84 Å². The molecule has 0 aliphatic carbocycles. The number of rotatable bonds is 10. The fraction of sp³-hybridized carbons (Fsp3) is 0.857. The van der Waals surface area contributed by atoms with Crippen LogP contribution in [-0.2, 0) is 14.3 Å². The van der Waals surface area contributed by atoms with Crippen molar-refractivity contribution in [1.29, 1.82) is 0 Å². The highest BCUT2D eigenvalue weighted by Gasteiger charge is 2.31. The first-order chi connectivity index (χ1) is 8.88. The van der Waals surface area contributed by atoms with E-state index in [1.54, 1.807) is 6.92 Å². The monoisotopic (exact) mass is 273 g/mol. The summed E-state index contributed by atoms with van der Waals surface area (Å²) >= 11 is 0. The summed E-state index contributed by atoms with van der Waals surface area (Å²) in [6, 6.07) is 0. The summed E-state index contributed by atoms with van der Waals surface area (Å²) in [5.41, 5.74) is -0.850. The molecule has 0 aromatic carbocycles. The topological polar surface area (TPSA) is 75.6 Å². The molecule has 2 N–H and O–H groups in total. The summed E-state index contributed by atoms with van der Waals surface area (Å²) in [5.74, 6) is -1.07. The highest BCUT2D eigenvalue weighted by atomic mass is 16.5. The van der Waals surface area contributed by atoms with Gasteiger partial charge in [-0.05, 0) is 19.8 Å². The average molecular weight is 273 g/mol. The fourth-order valence-corrected chi connectivity index (χ4v) is 2.15. The SMILES string of the molecule is CCCCC(CC)C(=O)NC(C)(COC)CC(=O)O. The molecule has 0 aliphatic rings. The zero-order valence-corrected chi connectivity index (χ0v) is 12.5. The second-order valence-corrected chi connectivity index (χ2v) is 5.30. The van der Waals surface area contributed by atoms with E-state index >= 15 is 0 Å². The maximum atomic E-state index is 12.2. The first kappa shape index (κ1) is 17.9. The van der Waals surface area contributed by atoms with Gasteiger partial charge >= 0.3 is 5.97 Å². The van der Waals surface area contributed by atoms with Gasteiger partial charge in [-0.15, -0.1) is 0 Å². The molecule has 0 heterocycles. The largest absolute Gasteiger partial charge is 0.481 e. The Hall–Kier alpha value is -1.10. The summed E-state index contributed by atoms with van der Waals surface area (Å²) in [7, 11) is 1.50. The molecule has 2 unspecified atom stereocenters. The van der Waals surface area contributed by atoms with Crippen molar-refractivity contribution in [3.63, 3.8) is 0 Å². The molecule has 19 heavy (non-hydrogen) atoms. The normalized spacial score (nSPS) is 15.6. The average Bonchev–Trinajstić information content (AvgIpc) is 2.28. The van der Waals surface area contributed by atoms with Crippen molar-refractivity contribution >= 4 is 11.9 Å². The molecule has 0 saturated heterocycles. The predicted octanol–water partition coefficient (Wildman–Crippen LogP) is 2.20. The molecule has 0 radical (unpaired) electrons. The maximum absolute atomic E-state index is 12.2. The Morgan fingerprint density at radius 1 is 1.37 bits per heavy atom. The molecule has 0 bridgehead atoms. The zero-order valence-electron chi connectivity index (χ0n) is 12.5. The second kappa shape index (κ2) is 8.91. The lowest BCUT2D eigenvalue weighted by Crippen LogP contribution is -2.52. The second-order valence-electron chi connectivity index (χ2n) is 5.30. The minimum absolute atomic E-state index is 0.0510. The number of carbonyl (C=O) groups is 2. The molecule has 0 rings (SSSR count). The van der Waals surface area contributed by atoms with Gasteiger partial charge in [-0.25, -0.2) is 0 Å². The Kier molecular flexibility index (Phi) is 8.39. The number of aliphatic carboxylic acids is 1. The molecule has 5 nitrogen and oxygen atoms in total. The van der Waals surface area contributed by atoms with E-state index in [9.17, 15) is 9.59 Å². The fourth-order valence-electron chi connectivity index (χ4n) is 2.15. The number of carbonyl (C=O) groups excluding carboxylic acids is 1. The van der Waals surface area contributed by atoms with Gasteiger partial charge in [0.15, 0.2) is 0 Å². The van der Waals surface area contributed by atoms with Crippen LogP contribution in [0.1, 0.15) is 52.9 Å². The summed E-state index contributed by atoms with van der Waals surface area (Å²) in [5, 5.41) is 11.8. The highest BCUT2D eigenvalue weighted by molar-refractivity contribution is 5.80. The van der Waals surface area contributed by atoms with Crippen LogP contribution in [0.4, 0.5) is 0 Å². The number of amides is 1. The Balaban J connectivity index is 4.63. The smallest absolute Gasteiger partial charge is 0.305 e. The van der Waals surface area contributed by atoms with Gasteiger partial charge in [-0.3, -0.25) is 9.59 Å². The lowest BCUT2D eigenvalue weighted by molar-refractivity contribution is -0.140. The summed E-state index contributed by atoms with van der Waals surface area (Å²) in [6.07, 6.45) is 3.52. The van der Waals surface area contributed by atoms with Crippen LogP contribution >= 0.6 is 0 Å². The van der Waals surface area contributed by atoms with Crippen LogP contribution in [0.5, 0.6) is 0 Å². The quantitative estimate of drug-likeness (QED) is 0.640. The Bertz CT molecular complexity index is 293. The van der Waals surface area contributed by atoms with Crippen LogP contribution in [0.3, 0.4) is 0 Å². The van der Waals surface area contributed by atoms with Gasteiger partial charge in [0.1, 0.15) is 0 Å². The minimum Gasteiger partial charge on any atom is -0.481 e. The Morgan fingerprint density at radius 2 is 2.00 bits per heavy atom. The molecular formula is C14H27NO4. The number of carboxylic acid groups (broad SMARTS) is 1. The van der Waals surface area contributed by atoms with Crippen molar-refractivity contribution in [1.82, 2.24) is 5.32 Å². The third-order valence-electron chi connectivity index (χ3n) is 3.20. The number of hydrogen-bond donors (Lipinski definition) is 2. The third-order valence-corrected chi connectivity index (χ3v) is 3.20. The molecule has 0 saturated carbocycles. The third kappa shape index (κ3) is 7.15. The lowest BCUT2D eigenvalue weighted by Gasteiger charge is -2.30. The van der Waals surface area contributed by atoms with E-state index < -0.39 is 11.5 Å². The number of unbranched alkanes of at least 4 members (excludes halogenated alkanes) is 1. The molecule has 2 atom stereocenters. The Morgan fingerprint density at radius 3 is 2.42 bits per heavy atom. The molecule has 0 aromatic rings. The molecule has 1 amide bonds. The number of nitrogens with one attached hydrogen (secondary N) is 1. The summed E-state index contributed by atoms with van der Waals surface area (Å²) in [6.45, 7) is 5.96. The molecular weight excluding hydrogens is 246 g/mol. The number of methoxy groups -OCH3 is 1. The number of carboxylic acids is 1. The first-order valence-electron chi connectivity index (χ1n) is 6.91. The van der Waals surface area contributed by atoms with Crippen LogP contribution in [0, 0.1) is 5.92 Å². The van der Waals surface area contributed by atoms with E-state index in [-0.39, 0.29) is 24.9 Å². The van der Waals surface area contributed by atoms with Gasteiger partial charge in [0.05, 0.1) is 18.6 Å². The van der Waals surface area contributed by atoms with Crippen molar-refractivity contribution in [3.05, 3.63) is 0 Å². The molecule has 0 aromatic heterocycles. The van der Waals surface area contributed by atoms with E-state index in [2.05, 4.69) is 12.2 Å². The van der Waals surface area contributed by atoms with Crippen molar-refractivity contribution in [2.75, 3.05) is 13.7 Å². The number of hydrogen-bond acceptors (Lipinski definition) is 3. The van der Waals surface area contributed by atoms with Crippen LogP contribution in [0.15, 0.2) is 0 Å². The van der Waals surface area contributed by atoms with Gasteiger partial charge in [-0.2, -0.15) is 0 Å². The highest BCUT2D eigenvalue weighted by Crippen LogP contribution is 2.17. The van der Waals surface area contributed by atoms with Crippen LogP contribution in [0.25, 0.3) is 0 Å².